The van der Waals surface area contributed by atoms with E-state index in [1.54, 1.807) is 0 Å². The van der Waals surface area contributed by atoms with Crippen LogP contribution in [0, 0.1) is 5.92 Å². The van der Waals surface area contributed by atoms with Crippen molar-refractivity contribution in [3.63, 3.8) is 0 Å². The number of aliphatic hydroxyl groups is 1. The van der Waals surface area contributed by atoms with Crippen molar-refractivity contribution in [3.8, 4) is 0 Å². The van der Waals surface area contributed by atoms with Gasteiger partial charge in [0.15, 0.2) is 0 Å². The lowest BCUT2D eigenvalue weighted by molar-refractivity contribution is -0.0718. The van der Waals surface area contributed by atoms with E-state index in [2.05, 4.69) is 13.8 Å². The van der Waals surface area contributed by atoms with Gasteiger partial charge in [0.25, 0.3) is 5.91 Å². The zero-order valence-electron chi connectivity index (χ0n) is 12.7. The van der Waals surface area contributed by atoms with E-state index in [1.807, 2.05) is 35.2 Å². The van der Waals surface area contributed by atoms with Gasteiger partial charge < -0.3 is 14.7 Å². The summed E-state index contributed by atoms with van der Waals surface area (Å²) in [7, 11) is 0. The smallest absolute Gasteiger partial charge is 0.256 e. The largest absolute Gasteiger partial charge is 0.393 e. The SMILES string of the molecule is CC(C)[C@@H]1CO[C@@]2(CC[C@H](O)C2)N1C(=O)c1ccccc1. The Morgan fingerprint density at radius 1 is 1.38 bits per heavy atom. The molecule has 3 rings (SSSR count). The molecule has 114 valence electrons. The molecule has 1 aromatic carbocycles. The molecule has 1 N–H and O–H groups in total. The number of amides is 1. The van der Waals surface area contributed by atoms with Gasteiger partial charge in [-0.05, 0) is 30.9 Å². The third-order valence-electron chi connectivity index (χ3n) is 4.73. The summed E-state index contributed by atoms with van der Waals surface area (Å²) in [5.41, 5.74) is 0.0794. The fourth-order valence-electron chi connectivity index (χ4n) is 3.55. The number of ether oxygens (including phenoxy) is 1. The molecule has 1 aliphatic carbocycles. The molecular weight excluding hydrogens is 266 g/mol. The number of nitrogens with zero attached hydrogens (tertiary/aromatic N) is 1. The second-order valence-electron chi connectivity index (χ2n) is 6.51. The highest BCUT2D eigenvalue weighted by Gasteiger charge is 2.54. The van der Waals surface area contributed by atoms with Crippen LogP contribution in [0.15, 0.2) is 30.3 Å². The van der Waals surface area contributed by atoms with Crippen molar-refractivity contribution in [1.82, 2.24) is 4.90 Å². The quantitative estimate of drug-likeness (QED) is 0.909. The number of hydrogen-bond donors (Lipinski definition) is 1. The lowest BCUT2D eigenvalue weighted by atomic mass is 9.99. The summed E-state index contributed by atoms with van der Waals surface area (Å²) in [5.74, 6) is 0.343. The van der Waals surface area contributed by atoms with Crippen LogP contribution < -0.4 is 0 Å². The van der Waals surface area contributed by atoms with E-state index in [0.717, 1.165) is 6.42 Å². The fourth-order valence-corrected chi connectivity index (χ4v) is 3.55. The summed E-state index contributed by atoms with van der Waals surface area (Å²) < 4.78 is 6.05. The van der Waals surface area contributed by atoms with Gasteiger partial charge in [-0.1, -0.05) is 32.0 Å². The Morgan fingerprint density at radius 3 is 2.67 bits per heavy atom. The van der Waals surface area contributed by atoms with Gasteiger partial charge in [-0.2, -0.15) is 0 Å². The number of carbonyl (C=O) groups is 1. The van der Waals surface area contributed by atoms with Crippen LogP contribution in [0.3, 0.4) is 0 Å². The molecule has 4 heteroatoms. The average molecular weight is 289 g/mol. The summed E-state index contributed by atoms with van der Waals surface area (Å²) in [5, 5.41) is 9.93. The molecule has 1 heterocycles. The Labute approximate surface area is 125 Å². The van der Waals surface area contributed by atoms with Gasteiger partial charge in [0, 0.05) is 12.0 Å². The van der Waals surface area contributed by atoms with Crippen LogP contribution in [-0.2, 0) is 4.74 Å². The van der Waals surface area contributed by atoms with Crippen LogP contribution in [0.25, 0.3) is 0 Å². The third kappa shape index (κ3) is 2.47. The van der Waals surface area contributed by atoms with Crippen LogP contribution in [-0.4, -0.2) is 40.4 Å². The molecule has 1 spiro atoms. The minimum Gasteiger partial charge on any atom is -0.393 e. The highest BCUT2D eigenvalue weighted by atomic mass is 16.5. The van der Waals surface area contributed by atoms with E-state index in [1.165, 1.54) is 0 Å². The topological polar surface area (TPSA) is 49.8 Å². The minimum atomic E-state index is -0.610. The van der Waals surface area contributed by atoms with Gasteiger partial charge >= 0.3 is 0 Å². The summed E-state index contributed by atoms with van der Waals surface area (Å²) >= 11 is 0. The van der Waals surface area contributed by atoms with Crippen molar-refractivity contribution in [2.24, 2.45) is 5.92 Å². The number of carbonyl (C=O) groups excluding carboxylic acids is 1. The normalized spacial score (nSPS) is 32.3. The van der Waals surface area contributed by atoms with Gasteiger partial charge in [0.1, 0.15) is 5.72 Å². The predicted octanol–water partition coefficient (Wildman–Crippen LogP) is 2.42. The molecule has 4 nitrogen and oxygen atoms in total. The van der Waals surface area contributed by atoms with E-state index in [9.17, 15) is 9.90 Å². The van der Waals surface area contributed by atoms with Crippen LogP contribution in [0.4, 0.5) is 0 Å². The second kappa shape index (κ2) is 5.43. The molecule has 2 fully saturated rings. The van der Waals surface area contributed by atoms with Gasteiger partial charge in [-0.15, -0.1) is 0 Å². The molecule has 0 aromatic heterocycles. The molecule has 0 unspecified atom stereocenters. The van der Waals surface area contributed by atoms with E-state index >= 15 is 0 Å². The first kappa shape index (κ1) is 14.5. The Kier molecular flexibility index (Phi) is 3.76. The van der Waals surface area contributed by atoms with E-state index in [4.69, 9.17) is 4.74 Å². The first-order valence-electron chi connectivity index (χ1n) is 7.74. The lowest BCUT2D eigenvalue weighted by Gasteiger charge is -2.37. The zero-order chi connectivity index (χ0) is 15.0. The molecule has 0 bridgehead atoms. The van der Waals surface area contributed by atoms with Gasteiger partial charge in [-0.3, -0.25) is 4.79 Å². The van der Waals surface area contributed by atoms with Crippen LogP contribution in [0.1, 0.15) is 43.5 Å². The van der Waals surface area contributed by atoms with Gasteiger partial charge in [0.2, 0.25) is 0 Å². The highest BCUT2D eigenvalue weighted by Crippen LogP contribution is 2.44. The van der Waals surface area contributed by atoms with Crippen LogP contribution in [0.5, 0.6) is 0 Å². The molecule has 0 radical (unpaired) electrons. The molecule has 1 saturated carbocycles. The maximum absolute atomic E-state index is 13.0. The maximum atomic E-state index is 13.0. The van der Waals surface area contributed by atoms with E-state index in [0.29, 0.717) is 30.9 Å². The summed E-state index contributed by atoms with van der Waals surface area (Å²) in [6.07, 6.45) is 1.57. The number of rotatable bonds is 2. The van der Waals surface area contributed by atoms with Crippen molar-refractivity contribution in [2.75, 3.05) is 6.61 Å². The molecule has 2 aliphatic rings. The Bertz CT molecular complexity index is 516. The summed E-state index contributed by atoms with van der Waals surface area (Å²) in [6.45, 7) is 4.79. The van der Waals surface area contributed by atoms with Crippen LogP contribution in [0.2, 0.25) is 0 Å². The zero-order valence-corrected chi connectivity index (χ0v) is 12.7. The van der Waals surface area contributed by atoms with Crippen LogP contribution >= 0.6 is 0 Å². The van der Waals surface area contributed by atoms with Gasteiger partial charge in [-0.25, -0.2) is 0 Å². The number of hydrogen-bond acceptors (Lipinski definition) is 3. The van der Waals surface area contributed by atoms with Crippen molar-refractivity contribution in [3.05, 3.63) is 35.9 Å². The monoisotopic (exact) mass is 289 g/mol. The highest BCUT2D eigenvalue weighted by molar-refractivity contribution is 5.95. The second-order valence-corrected chi connectivity index (χ2v) is 6.51. The molecule has 3 atom stereocenters. The van der Waals surface area contributed by atoms with E-state index < -0.39 is 5.72 Å². The number of benzene rings is 1. The van der Waals surface area contributed by atoms with Crippen molar-refractivity contribution in [1.29, 1.82) is 0 Å². The Hall–Kier alpha value is -1.39. The van der Waals surface area contributed by atoms with Crippen molar-refractivity contribution in [2.45, 2.75) is 51.0 Å². The molecule has 1 amide bonds. The summed E-state index contributed by atoms with van der Waals surface area (Å²) in [6, 6.07) is 9.43. The molecule has 1 saturated heterocycles. The molecular formula is C17H23NO3. The number of aliphatic hydroxyl groups excluding tert-OH is 1. The standard InChI is InChI=1S/C17H23NO3/c1-12(2)15-11-21-17(9-8-14(19)10-17)18(15)16(20)13-6-4-3-5-7-13/h3-7,12,14-15,19H,8-11H2,1-2H3/t14-,15-,17+/m0/s1. The first-order chi connectivity index (χ1) is 10.0. The summed E-state index contributed by atoms with van der Waals surface area (Å²) in [4.78, 5) is 14.9. The van der Waals surface area contributed by atoms with E-state index in [-0.39, 0.29) is 18.1 Å². The molecule has 1 aliphatic heterocycles. The van der Waals surface area contributed by atoms with Crippen molar-refractivity contribution < 1.29 is 14.6 Å². The molecule has 1 aromatic rings. The minimum absolute atomic E-state index is 0.0147. The van der Waals surface area contributed by atoms with Crippen molar-refractivity contribution >= 4 is 5.91 Å². The Morgan fingerprint density at radius 2 is 2.10 bits per heavy atom. The maximum Gasteiger partial charge on any atom is 0.256 e. The Balaban J connectivity index is 1.95. The third-order valence-corrected chi connectivity index (χ3v) is 4.73. The average Bonchev–Trinajstić information content (AvgIpc) is 3.03. The van der Waals surface area contributed by atoms with Gasteiger partial charge in [0.05, 0.1) is 18.8 Å². The fraction of sp³-hybridized carbons (Fsp3) is 0.588. The first-order valence-corrected chi connectivity index (χ1v) is 7.74. The predicted molar refractivity (Wildman–Crippen MR) is 79.8 cm³/mol. The molecule has 21 heavy (non-hydrogen) atoms. The lowest BCUT2D eigenvalue weighted by Crippen LogP contribution is -2.51.